The van der Waals surface area contributed by atoms with Crippen LogP contribution in [0.1, 0.15) is 12.7 Å². The Morgan fingerprint density at radius 1 is 1.61 bits per heavy atom. The van der Waals surface area contributed by atoms with Crippen molar-refractivity contribution in [3.8, 4) is 0 Å². The van der Waals surface area contributed by atoms with E-state index in [1.165, 1.54) is 6.39 Å². The van der Waals surface area contributed by atoms with Crippen molar-refractivity contribution >= 4 is 5.91 Å². The van der Waals surface area contributed by atoms with E-state index in [1.54, 1.807) is 0 Å². The minimum atomic E-state index is -0.0858. The zero-order chi connectivity index (χ0) is 12.8. The van der Waals surface area contributed by atoms with Gasteiger partial charge in [-0.05, 0) is 6.92 Å². The summed E-state index contributed by atoms with van der Waals surface area (Å²) in [6.07, 6.45) is 1.89. The highest BCUT2D eigenvalue weighted by Crippen LogP contribution is 2.01. The van der Waals surface area contributed by atoms with Crippen LogP contribution in [0.4, 0.5) is 0 Å². The van der Waals surface area contributed by atoms with Crippen molar-refractivity contribution in [2.75, 3.05) is 32.7 Å². The van der Waals surface area contributed by atoms with Crippen LogP contribution in [-0.4, -0.2) is 59.7 Å². The first kappa shape index (κ1) is 13.0. The van der Waals surface area contributed by atoms with Gasteiger partial charge in [-0.2, -0.15) is 4.98 Å². The molecular weight excluding hydrogens is 234 g/mol. The van der Waals surface area contributed by atoms with Crippen LogP contribution in [0, 0.1) is 0 Å². The molecule has 1 aromatic heterocycles. The van der Waals surface area contributed by atoms with E-state index in [9.17, 15) is 4.79 Å². The van der Waals surface area contributed by atoms with Crippen molar-refractivity contribution in [2.24, 2.45) is 0 Å². The van der Waals surface area contributed by atoms with Gasteiger partial charge in [0.05, 0.1) is 6.04 Å². The lowest BCUT2D eigenvalue weighted by molar-refractivity contribution is -0.126. The van der Waals surface area contributed by atoms with Crippen LogP contribution < -0.4 is 10.6 Å². The fourth-order valence-corrected chi connectivity index (χ4v) is 1.98. The highest BCUT2D eigenvalue weighted by atomic mass is 16.5. The fraction of sp³-hybridized carbons (Fsp3) is 0.727. The molecule has 7 heteroatoms. The highest BCUT2D eigenvalue weighted by molar-refractivity contribution is 5.81. The Morgan fingerprint density at radius 3 is 3.06 bits per heavy atom. The monoisotopic (exact) mass is 253 g/mol. The molecule has 2 rings (SSSR count). The van der Waals surface area contributed by atoms with E-state index in [0.29, 0.717) is 18.8 Å². The lowest BCUT2D eigenvalue weighted by Gasteiger charge is -2.31. The molecule has 1 atom stereocenters. The lowest BCUT2D eigenvalue weighted by Crippen LogP contribution is -2.52. The molecule has 100 valence electrons. The van der Waals surface area contributed by atoms with Crippen LogP contribution >= 0.6 is 0 Å². The van der Waals surface area contributed by atoms with Crippen molar-refractivity contribution in [3.05, 3.63) is 12.2 Å². The molecule has 1 unspecified atom stereocenters. The number of aromatic nitrogens is 2. The molecule has 0 spiro atoms. The number of carbonyl (C=O) groups excluding carboxylic acids is 1. The first-order chi connectivity index (χ1) is 8.77. The van der Waals surface area contributed by atoms with E-state index in [2.05, 4.69) is 30.2 Å². The minimum absolute atomic E-state index is 0.0559. The summed E-state index contributed by atoms with van der Waals surface area (Å²) in [6, 6.07) is -0.0858. The topological polar surface area (TPSA) is 83.3 Å². The number of hydrogen-bond donors (Lipinski definition) is 2. The van der Waals surface area contributed by atoms with Crippen molar-refractivity contribution < 1.29 is 9.32 Å². The smallest absolute Gasteiger partial charge is 0.237 e. The minimum Gasteiger partial charge on any atom is -0.354 e. The summed E-state index contributed by atoms with van der Waals surface area (Å²) in [5, 5.41) is 9.86. The molecule has 0 bridgehead atoms. The van der Waals surface area contributed by atoms with Gasteiger partial charge >= 0.3 is 0 Å². The van der Waals surface area contributed by atoms with E-state index < -0.39 is 0 Å². The molecule has 0 aliphatic carbocycles. The molecule has 7 nitrogen and oxygen atoms in total. The molecule has 2 heterocycles. The first-order valence-corrected chi connectivity index (χ1v) is 6.25. The van der Waals surface area contributed by atoms with Gasteiger partial charge in [0, 0.05) is 39.1 Å². The zero-order valence-corrected chi connectivity index (χ0v) is 10.6. The van der Waals surface area contributed by atoms with Gasteiger partial charge in [0.15, 0.2) is 5.82 Å². The molecule has 18 heavy (non-hydrogen) atoms. The standard InChI is InChI=1S/C11H19N5O2/c1-9(16-6-4-12-5-7-16)11(17)13-3-2-10-14-8-18-15-10/h8-9,12H,2-7H2,1H3,(H,13,17). The molecule has 0 radical (unpaired) electrons. The molecule has 1 aliphatic rings. The van der Waals surface area contributed by atoms with Gasteiger partial charge in [-0.25, -0.2) is 0 Å². The van der Waals surface area contributed by atoms with E-state index in [4.69, 9.17) is 0 Å². The summed E-state index contributed by atoms with van der Waals surface area (Å²) in [4.78, 5) is 18.0. The zero-order valence-electron chi connectivity index (χ0n) is 10.6. The Balaban J connectivity index is 1.70. The maximum atomic E-state index is 11.9. The van der Waals surface area contributed by atoms with Gasteiger partial charge in [0.25, 0.3) is 0 Å². The SMILES string of the molecule is CC(C(=O)NCCc1ncon1)N1CCNCC1. The van der Waals surface area contributed by atoms with Crippen molar-refractivity contribution in [3.63, 3.8) is 0 Å². The van der Waals surface area contributed by atoms with Crippen molar-refractivity contribution in [1.29, 1.82) is 0 Å². The number of nitrogens with zero attached hydrogens (tertiary/aromatic N) is 3. The Bertz CT molecular complexity index is 362. The Hall–Kier alpha value is -1.47. The Morgan fingerprint density at radius 2 is 2.39 bits per heavy atom. The third kappa shape index (κ3) is 3.51. The van der Waals surface area contributed by atoms with Gasteiger partial charge < -0.3 is 15.2 Å². The number of hydrogen-bond acceptors (Lipinski definition) is 6. The largest absolute Gasteiger partial charge is 0.354 e. The number of carbonyl (C=O) groups is 1. The maximum Gasteiger partial charge on any atom is 0.237 e. The Kier molecular flexibility index (Phi) is 4.66. The summed E-state index contributed by atoms with van der Waals surface area (Å²) < 4.78 is 4.63. The van der Waals surface area contributed by atoms with E-state index in [-0.39, 0.29) is 11.9 Å². The molecule has 2 N–H and O–H groups in total. The summed E-state index contributed by atoms with van der Waals surface area (Å²) in [7, 11) is 0. The molecule has 0 aromatic carbocycles. The van der Waals surface area contributed by atoms with Crippen LogP contribution in [0.3, 0.4) is 0 Å². The van der Waals surface area contributed by atoms with E-state index in [1.807, 2.05) is 6.92 Å². The number of amides is 1. The number of rotatable bonds is 5. The van der Waals surface area contributed by atoms with Crippen LogP contribution in [0.25, 0.3) is 0 Å². The number of nitrogens with one attached hydrogen (secondary N) is 2. The molecule has 0 saturated carbocycles. The molecule has 1 aromatic rings. The maximum absolute atomic E-state index is 11.9. The molecular formula is C11H19N5O2. The number of piperazine rings is 1. The van der Waals surface area contributed by atoms with Gasteiger partial charge in [-0.15, -0.1) is 0 Å². The second-order valence-corrected chi connectivity index (χ2v) is 4.35. The second kappa shape index (κ2) is 6.46. The Labute approximate surface area is 106 Å². The normalized spacial score (nSPS) is 18.5. The van der Waals surface area contributed by atoms with Crippen molar-refractivity contribution in [2.45, 2.75) is 19.4 Å². The van der Waals surface area contributed by atoms with Gasteiger partial charge in [-0.3, -0.25) is 9.69 Å². The van der Waals surface area contributed by atoms with Crippen LogP contribution in [0.5, 0.6) is 0 Å². The van der Waals surface area contributed by atoms with Gasteiger partial charge in [-0.1, -0.05) is 5.16 Å². The highest BCUT2D eigenvalue weighted by Gasteiger charge is 2.22. The molecule has 1 fully saturated rings. The lowest BCUT2D eigenvalue weighted by atomic mass is 10.2. The summed E-state index contributed by atoms with van der Waals surface area (Å²) in [5.74, 6) is 0.672. The summed E-state index contributed by atoms with van der Waals surface area (Å²) in [5.41, 5.74) is 0. The summed E-state index contributed by atoms with van der Waals surface area (Å²) in [6.45, 7) is 6.20. The average Bonchev–Trinajstić information content (AvgIpc) is 2.92. The second-order valence-electron chi connectivity index (χ2n) is 4.35. The molecule has 1 saturated heterocycles. The third-order valence-corrected chi connectivity index (χ3v) is 3.13. The van der Waals surface area contributed by atoms with Crippen molar-refractivity contribution in [1.82, 2.24) is 25.7 Å². The predicted octanol–water partition coefficient (Wildman–Crippen LogP) is -0.978. The van der Waals surface area contributed by atoms with E-state index in [0.717, 1.165) is 26.2 Å². The first-order valence-electron chi connectivity index (χ1n) is 6.25. The van der Waals surface area contributed by atoms with Gasteiger partial charge in [0.2, 0.25) is 12.3 Å². The van der Waals surface area contributed by atoms with Crippen LogP contribution in [0.15, 0.2) is 10.9 Å². The molecule has 1 aliphatic heterocycles. The molecule has 1 amide bonds. The third-order valence-electron chi connectivity index (χ3n) is 3.13. The average molecular weight is 253 g/mol. The van der Waals surface area contributed by atoms with Crippen LogP contribution in [-0.2, 0) is 11.2 Å². The summed E-state index contributed by atoms with van der Waals surface area (Å²) >= 11 is 0. The van der Waals surface area contributed by atoms with E-state index >= 15 is 0 Å². The predicted molar refractivity (Wildman–Crippen MR) is 64.9 cm³/mol. The quantitative estimate of drug-likeness (QED) is 0.702. The fourth-order valence-electron chi connectivity index (χ4n) is 1.98. The van der Waals surface area contributed by atoms with Crippen LogP contribution in [0.2, 0.25) is 0 Å². The van der Waals surface area contributed by atoms with Gasteiger partial charge in [0.1, 0.15) is 0 Å².